The van der Waals surface area contributed by atoms with Crippen LogP contribution in [0.3, 0.4) is 0 Å². The SMILES string of the molecule is CCOC(=O)NN(C(=O)OCC)C1C(=O)CCCC1=O. The lowest BCUT2D eigenvalue weighted by molar-refractivity contribution is -0.137. The summed E-state index contributed by atoms with van der Waals surface area (Å²) in [6.07, 6.45) is -1.08. The van der Waals surface area contributed by atoms with Gasteiger partial charge in [-0.1, -0.05) is 0 Å². The molecule has 2 amide bonds. The Morgan fingerprint density at radius 3 is 2.20 bits per heavy atom. The lowest BCUT2D eigenvalue weighted by Gasteiger charge is -2.30. The molecule has 0 saturated heterocycles. The van der Waals surface area contributed by atoms with Crippen molar-refractivity contribution in [1.29, 1.82) is 0 Å². The highest BCUT2D eigenvalue weighted by Gasteiger charge is 2.39. The van der Waals surface area contributed by atoms with Crippen molar-refractivity contribution in [2.75, 3.05) is 13.2 Å². The van der Waals surface area contributed by atoms with Crippen LogP contribution in [-0.4, -0.2) is 48.0 Å². The maximum atomic E-state index is 11.8. The van der Waals surface area contributed by atoms with E-state index < -0.39 is 29.8 Å². The zero-order chi connectivity index (χ0) is 15.1. The fraction of sp³-hybridized carbons (Fsp3) is 0.667. The predicted octanol–water partition coefficient (Wildman–Crippen LogP) is 0.797. The van der Waals surface area contributed by atoms with E-state index in [1.165, 1.54) is 0 Å². The average Bonchev–Trinajstić information content (AvgIpc) is 2.37. The van der Waals surface area contributed by atoms with E-state index in [4.69, 9.17) is 4.74 Å². The van der Waals surface area contributed by atoms with E-state index in [1.54, 1.807) is 13.8 Å². The average molecular weight is 286 g/mol. The molecule has 0 aromatic rings. The summed E-state index contributed by atoms with van der Waals surface area (Å²) in [4.78, 5) is 46.9. The molecule has 1 rings (SSSR count). The number of carbonyl (C=O) groups is 4. The first-order valence-corrected chi connectivity index (χ1v) is 6.46. The molecular formula is C12H18N2O6. The molecule has 1 saturated carbocycles. The van der Waals surface area contributed by atoms with E-state index >= 15 is 0 Å². The monoisotopic (exact) mass is 286 g/mol. The molecule has 0 unspecified atom stereocenters. The highest BCUT2D eigenvalue weighted by atomic mass is 16.6. The summed E-state index contributed by atoms with van der Waals surface area (Å²) in [5, 5.41) is 0.616. The van der Waals surface area contributed by atoms with Gasteiger partial charge in [-0.2, -0.15) is 5.01 Å². The number of rotatable bonds is 3. The Kier molecular flexibility index (Phi) is 5.95. The smallest absolute Gasteiger partial charge is 0.429 e. The third-order valence-electron chi connectivity index (χ3n) is 2.67. The third-order valence-corrected chi connectivity index (χ3v) is 2.67. The summed E-state index contributed by atoms with van der Waals surface area (Å²) in [6, 6.07) is -1.34. The number of nitrogens with zero attached hydrogens (tertiary/aromatic N) is 1. The first-order valence-electron chi connectivity index (χ1n) is 6.46. The van der Waals surface area contributed by atoms with Crippen molar-refractivity contribution in [3.05, 3.63) is 0 Å². The van der Waals surface area contributed by atoms with Gasteiger partial charge in [0.1, 0.15) is 0 Å². The Morgan fingerprint density at radius 2 is 1.70 bits per heavy atom. The molecule has 1 aliphatic carbocycles. The summed E-state index contributed by atoms with van der Waals surface area (Å²) < 4.78 is 9.39. The second kappa shape index (κ2) is 7.46. The van der Waals surface area contributed by atoms with E-state index in [9.17, 15) is 19.2 Å². The lowest BCUT2D eigenvalue weighted by atomic mass is 9.92. The van der Waals surface area contributed by atoms with Crippen LogP contribution >= 0.6 is 0 Å². The van der Waals surface area contributed by atoms with E-state index in [1.807, 2.05) is 0 Å². The normalized spacial score (nSPS) is 15.7. The van der Waals surface area contributed by atoms with Gasteiger partial charge in [0, 0.05) is 12.8 Å². The Labute approximate surface area is 116 Å². The minimum Gasteiger partial charge on any atom is -0.449 e. The molecule has 0 radical (unpaired) electrons. The molecule has 112 valence electrons. The minimum absolute atomic E-state index is 0.0505. The predicted molar refractivity (Wildman–Crippen MR) is 66.7 cm³/mol. The van der Waals surface area contributed by atoms with Gasteiger partial charge in [-0.05, 0) is 20.3 Å². The highest BCUT2D eigenvalue weighted by Crippen LogP contribution is 2.16. The molecular weight excluding hydrogens is 268 g/mol. The molecule has 8 heteroatoms. The maximum absolute atomic E-state index is 11.8. The van der Waals surface area contributed by atoms with Crippen molar-refractivity contribution in [2.45, 2.75) is 39.2 Å². The number of carbonyl (C=O) groups excluding carboxylic acids is 4. The fourth-order valence-electron chi connectivity index (χ4n) is 1.85. The van der Waals surface area contributed by atoms with E-state index in [-0.39, 0.29) is 26.1 Å². The topological polar surface area (TPSA) is 102 Å². The minimum atomic E-state index is -1.34. The summed E-state index contributed by atoms with van der Waals surface area (Å²) in [5.74, 6) is -0.850. The number of nitrogens with one attached hydrogen (secondary N) is 1. The van der Waals surface area contributed by atoms with Crippen LogP contribution in [0.2, 0.25) is 0 Å². The number of hydrogen-bond acceptors (Lipinski definition) is 6. The van der Waals surface area contributed by atoms with E-state index in [2.05, 4.69) is 10.2 Å². The second-order valence-corrected chi connectivity index (χ2v) is 4.09. The van der Waals surface area contributed by atoms with E-state index in [0.717, 1.165) is 0 Å². The van der Waals surface area contributed by atoms with Gasteiger partial charge < -0.3 is 9.47 Å². The molecule has 8 nitrogen and oxygen atoms in total. The largest absolute Gasteiger partial charge is 0.449 e. The zero-order valence-electron chi connectivity index (χ0n) is 11.5. The molecule has 0 atom stereocenters. The van der Waals surface area contributed by atoms with Crippen LogP contribution in [0.25, 0.3) is 0 Å². The van der Waals surface area contributed by atoms with Gasteiger partial charge in [-0.15, -0.1) is 0 Å². The van der Waals surface area contributed by atoms with Crippen molar-refractivity contribution in [3.63, 3.8) is 0 Å². The van der Waals surface area contributed by atoms with Gasteiger partial charge in [0.15, 0.2) is 17.6 Å². The number of amides is 2. The molecule has 0 aromatic carbocycles. The molecule has 0 aromatic heterocycles. The van der Waals surface area contributed by atoms with Crippen LogP contribution in [-0.2, 0) is 19.1 Å². The van der Waals surface area contributed by atoms with Crippen molar-refractivity contribution in [2.24, 2.45) is 0 Å². The van der Waals surface area contributed by atoms with Gasteiger partial charge in [0.05, 0.1) is 13.2 Å². The van der Waals surface area contributed by atoms with Crippen molar-refractivity contribution < 1.29 is 28.7 Å². The van der Waals surface area contributed by atoms with Gasteiger partial charge >= 0.3 is 12.2 Å². The Morgan fingerprint density at radius 1 is 1.15 bits per heavy atom. The zero-order valence-corrected chi connectivity index (χ0v) is 11.5. The molecule has 0 aliphatic heterocycles. The van der Waals surface area contributed by atoms with Crippen LogP contribution < -0.4 is 5.43 Å². The van der Waals surface area contributed by atoms with Gasteiger partial charge in [-0.3, -0.25) is 9.59 Å². The van der Waals surface area contributed by atoms with Crippen LogP contribution in [0, 0.1) is 0 Å². The van der Waals surface area contributed by atoms with Crippen LogP contribution in [0.4, 0.5) is 9.59 Å². The Bertz CT molecular complexity index is 393. The second-order valence-electron chi connectivity index (χ2n) is 4.09. The number of ether oxygens (including phenoxy) is 2. The fourth-order valence-corrected chi connectivity index (χ4v) is 1.85. The van der Waals surface area contributed by atoms with Gasteiger partial charge in [-0.25, -0.2) is 15.0 Å². The molecule has 1 fully saturated rings. The van der Waals surface area contributed by atoms with Gasteiger partial charge in [0.25, 0.3) is 0 Å². The number of hydrazine groups is 1. The Balaban J connectivity index is 2.90. The summed E-state index contributed by atoms with van der Waals surface area (Å²) in [6.45, 7) is 3.31. The molecule has 0 spiro atoms. The molecule has 0 bridgehead atoms. The number of ketones is 2. The molecule has 1 aliphatic rings. The van der Waals surface area contributed by atoms with Crippen LogP contribution in [0.5, 0.6) is 0 Å². The first kappa shape index (κ1) is 15.9. The number of hydrogen-bond donors (Lipinski definition) is 1. The van der Waals surface area contributed by atoms with E-state index in [0.29, 0.717) is 11.4 Å². The summed E-state index contributed by atoms with van der Waals surface area (Å²) in [7, 11) is 0. The highest BCUT2D eigenvalue weighted by molar-refractivity contribution is 6.10. The van der Waals surface area contributed by atoms with Crippen LogP contribution in [0.1, 0.15) is 33.1 Å². The Hall–Kier alpha value is -2.12. The standard InChI is InChI=1S/C12H18N2O6/c1-3-19-11(17)13-14(12(18)20-4-2)10-8(15)6-5-7-9(10)16/h10H,3-7H2,1-2H3,(H,13,17). The van der Waals surface area contributed by atoms with Crippen molar-refractivity contribution in [3.8, 4) is 0 Å². The van der Waals surface area contributed by atoms with Crippen molar-refractivity contribution >= 4 is 23.8 Å². The molecule has 1 N–H and O–H groups in total. The molecule has 0 heterocycles. The molecule has 20 heavy (non-hydrogen) atoms. The van der Waals surface area contributed by atoms with Crippen LogP contribution in [0.15, 0.2) is 0 Å². The summed E-state index contributed by atoms with van der Waals surface area (Å²) in [5.41, 5.74) is 2.09. The third kappa shape index (κ3) is 3.94. The lowest BCUT2D eigenvalue weighted by Crippen LogP contribution is -2.59. The first-order chi connectivity index (χ1) is 9.51. The summed E-state index contributed by atoms with van der Waals surface area (Å²) >= 11 is 0. The van der Waals surface area contributed by atoms with Crippen molar-refractivity contribution in [1.82, 2.24) is 10.4 Å². The maximum Gasteiger partial charge on any atom is 0.429 e. The van der Waals surface area contributed by atoms with Gasteiger partial charge in [0.2, 0.25) is 0 Å². The quantitative estimate of drug-likeness (QED) is 0.608. The number of Topliss-reactive ketones (excluding diaryl/α,β-unsaturated/α-hetero) is 2.